The molecular formula is C24H32FN3O2. The molecule has 1 atom stereocenters. The first kappa shape index (κ1) is 23.4. The van der Waals surface area contributed by atoms with Crippen molar-refractivity contribution >= 4 is 23.2 Å². The van der Waals surface area contributed by atoms with Gasteiger partial charge in [-0.3, -0.25) is 9.59 Å². The lowest BCUT2D eigenvalue weighted by molar-refractivity contribution is -0.115. The van der Waals surface area contributed by atoms with Crippen molar-refractivity contribution < 1.29 is 14.0 Å². The van der Waals surface area contributed by atoms with E-state index in [1.807, 2.05) is 49.0 Å². The Balaban J connectivity index is 2.44. The van der Waals surface area contributed by atoms with Gasteiger partial charge in [0, 0.05) is 50.0 Å². The first-order chi connectivity index (χ1) is 14.1. The standard InChI is InChI=1S/C24H32FN3O2/c1-7-23(29)26-21-12-13-22(27(5)6)19(14-21)15-28(17(4)16(2)3)24(30)18-8-10-20(25)11-9-18/h8-14,16-17H,7,15H2,1-6H3,(H,26,29)/t17-/m1/s1. The summed E-state index contributed by atoms with van der Waals surface area (Å²) in [5, 5.41) is 2.89. The zero-order valence-corrected chi connectivity index (χ0v) is 18.7. The van der Waals surface area contributed by atoms with E-state index in [-0.39, 0.29) is 29.6 Å². The Hall–Kier alpha value is -2.89. The first-order valence-corrected chi connectivity index (χ1v) is 10.3. The van der Waals surface area contributed by atoms with E-state index in [1.165, 1.54) is 24.3 Å². The van der Waals surface area contributed by atoms with E-state index in [0.29, 0.717) is 24.2 Å². The maximum Gasteiger partial charge on any atom is 0.254 e. The van der Waals surface area contributed by atoms with Crippen LogP contribution in [0, 0.1) is 11.7 Å². The molecule has 30 heavy (non-hydrogen) atoms. The Morgan fingerprint density at radius 3 is 2.20 bits per heavy atom. The Morgan fingerprint density at radius 2 is 1.67 bits per heavy atom. The molecule has 0 heterocycles. The fourth-order valence-corrected chi connectivity index (χ4v) is 3.18. The van der Waals surface area contributed by atoms with E-state index in [1.54, 1.807) is 6.92 Å². The van der Waals surface area contributed by atoms with E-state index in [9.17, 15) is 14.0 Å². The molecule has 162 valence electrons. The van der Waals surface area contributed by atoms with Gasteiger partial charge in [-0.2, -0.15) is 0 Å². The van der Waals surface area contributed by atoms with E-state index >= 15 is 0 Å². The SMILES string of the molecule is CCC(=O)Nc1ccc(N(C)C)c(CN(C(=O)c2ccc(F)cc2)[C@H](C)C(C)C)c1. The third-order valence-electron chi connectivity index (χ3n) is 5.32. The number of carbonyl (C=O) groups excluding carboxylic acids is 2. The van der Waals surface area contributed by atoms with Crippen molar-refractivity contribution in [1.82, 2.24) is 4.90 Å². The molecule has 2 rings (SSSR count). The first-order valence-electron chi connectivity index (χ1n) is 10.3. The van der Waals surface area contributed by atoms with Gasteiger partial charge >= 0.3 is 0 Å². The fourth-order valence-electron chi connectivity index (χ4n) is 3.18. The molecule has 0 aliphatic carbocycles. The van der Waals surface area contributed by atoms with E-state index in [2.05, 4.69) is 19.2 Å². The normalized spacial score (nSPS) is 11.9. The monoisotopic (exact) mass is 413 g/mol. The number of halogens is 1. The van der Waals surface area contributed by atoms with Gasteiger partial charge in [0.05, 0.1) is 0 Å². The highest BCUT2D eigenvalue weighted by Gasteiger charge is 2.25. The van der Waals surface area contributed by atoms with Gasteiger partial charge in [-0.25, -0.2) is 4.39 Å². The highest BCUT2D eigenvalue weighted by Crippen LogP contribution is 2.27. The summed E-state index contributed by atoms with van der Waals surface area (Å²) in [6, 6.07) is 11.3. The number of carbonyl (C=O) groups is 2. The highest BCUT2D eigenvalue weighted by atomic mass is 19.1. The van der Waals surface area contributed by atoms with Crippen molar-refractivity contribution in [3.05, 3.63) is 59.4 Å². The number of amides is 2. The van der Waals surface area contributed by atoms with Gasteiger partial charge in [-0.05, 0) is 60.9 Å². The van der Waals surface area contributed by atoms with Crippen LogP contribution in [0.4, 0.5) is 15.8 Å². The topological polar surface area (TPSA) is 52.7 Å². The minimum absolute atomic E-state index is 0.0357. The Kier molecular flexibility index (Phi) is 7.98. The number of rotatable bonds is 8. The van der Waals surface area contributed by atoms with E-state index in [4.69, 9.17) is 0 Å². The van der Waals surface area contributed by atoms with E-state index in [0.717, 1.165) is 11.3 Å². The number of anilines is 2. The average Bonchev–Trinajstić information content (AvgIpc) is 2.71. The van der Waals surface area contributed by atoms with Crippen LogP contribution < -0.4 is 10.2 Å². The van der Waals surface area contributed by atoms with Gasteiger partial charge in [0.25, 0.3) is 5.91 Å². The molecule has 0 aromatic heterocycles. The van der Waals surface area contributed by atoms with Crippen molar-refractivity contribution in [3.63, 3.8) is 0 Å². The molecule has 0 fully saturated rings. The summed E-state index contributed by atoms with van der Waals surface area (Å²) in [6.45, 7) is 8.33. The molecule has 0 aliphatic heterocycles. The summed E-state index contributed by atoms with van der Waals surface area (Å²) in [5.74, 6) is -0.346. The van der Waals surface area contributed by atoms with Crippen LogP contribution in [0.15, 0.2) is 42.5 Å². The summed E-state index contributed by atoms with van der Waals surface area (Å²) < 4.78 is 13.3. The second-order valence-corrected chi connectivity index (χ2v) is 8.06. The maximum absolute atomic E-state index is 13.3. The summed E-state index contributed by atoms with van der Waals surface area (Å²) in [5.41, 5.74) is 3.05. The Bertz CT molecular complexity index is 879. The average molecular weight is 414 g/mol. The van der Waals surface area contributed by atoms with Crippen LogP contribution in [0.5, 0.6) is 0 Å². The highest BCUT2D eigenvalue weighted by molar-refractivity contribution is 5.94. The molecule has 0 aliphatic rings. The van der Waals surface area contributed by atoms with Gasteiger partial charge < -0.3 is 15.1 Å². The second kappa shape index (κ2) is 10.2. The lowest BCUT2D eigenvalue weighted by Gasteiger charge is -2.33. The number of hydrogen-bond acceptors (Lipinski definition) is 3. The van der Waals surface area contributed by atoms with Gasteiger partial charge in [0.1, 0.15) is 5.82 Å². The van der Waals surface area contributed by atoms with Crippen molar-refractivity contribution in [1.29, 1.82) is 0 Å². The lowest BCUT2D eigenvalue weighted by atomic mass is 10.0. The molecule has 0 unspecified atom stereocenters. The number of benzene rings is 2. The quantitative estimate of drug-likeness (QED) is 0.668. The second-order valence-electron chi connectivity index (χ2n) is 8.06. The summed E-state index contributed by atoms with van der Waals surface area (Å²) in [4.78, 5) is 29.0. The van der Waals surface area contributed by atoms with Crippen molar-refractivity contribution in [2.75, 3.05) is 24.3 Å². The summed E-state index contributed by atoms with van der Waals surface area (Å²) in [6.07, 6.45) is 0.393. The van der Waals surface area contributed by atoms with Crippen molar-refractivity contribution in [3.8, 4) is 0 Å². The lowest BCUT2D eigenvalue weighted by Crippen LogP contribution is -2.41. The minimum Gasteiger partial charge on any atom is -0.377 e. The largest absolute Gasteiger partial charge is 0.377 e. The van der Waals surface area contributed by atoms with E-state index < -0.39 is 0 Å². The molecule has 0 spiro atoms. The smallest absolute Gasteiger partial charge is 0.254 e. The summed E-state index contributed by atoms with van der Waals surface area (Å²) >= 11 is 0. The molecule has 2 aromatic rings. The molecule has 6 heteroatoms. The molecule has 0 saturated carbocycles. The van der Waals surface area contributed by atoms with Gasteiger partial charge in [-0.1, -0.05) is 20.8 Å². The van der Waals surface area contributed by atoms with Crippen LogP contribution in [0.2, 0.25) is 0 Å². The Morgan fingerprint density at radius 1 is 1.03 bits per heavy atom. The predicted molar refractivity (Wildman–Crippen MR) is 120 cm³/mol. The third-order valence-corrected chi connectivity index (χ3v) is 5.32. The Labute approximate surface area is 178 Å². The molecular weight excluding hydrogens is 381 g/mol. The molecule has 2 amide bonds. The number of nitrogens with one attached hydrogen (secondary N) is 1. The predicted octanol–water partition coefficient (Wildman–Crippen LogP) is 4.93. The fraction of sp³-hybridized carbons (Fsp3) is 0.417. The number of nitrogens with zero attached hydrogens (tertiary/aromatic N) is 2. The van der Waals surface area contributed by atoms with Crippen LogP contribution in [0.3, 0.4) is 0 Å². The maximum atomic E-state index is 13.3. The minimum atomic E-state index is -0.371. The van der Waals surface area contributed by atoms with Crippen LogP contribution in [-0.2, 0) is 11.3 Å². The van der Waals surface area contributed by atoms with Crippen LogP contribution in [0.1, 0.15) is 50.0 Å². The number of hydrogen-bond donors (Lipinski definition) is 1. The van der Waals surface area contributed by atoms with Crippen LogP contribution in [0.25, 0.3) is 0 Å². The van der Waals surface area contributed by atoms with Crippen molar-refractivity contribution in [2.24, 2.45) is 5.92 Å². The third kappa shape index (κ3) is 5.81. The van der Waals surface area contributed by atoms with Crippen LogP contribution in [-0.4, -0.2) is 36.9 Å². The van der Waals surface area contributed by atoms with Gasteiger partial charge in [-0.15, -0.1) is 0 Å². The molecule has 0 bridgehead atoms. The zero-order valence-electron chi connectivity index (χ0n) is 18.7. The summed E-state index contributed by atoms with van der Waals surface area (Å²) in [7, 11) is 3.89. The molecule has 2 aromatic carbocycles. The van der Waals surface area contributed by atoms with Gasteiger partial charge in [0.15, 0.2) is 0 Å². The molecule has 1 N–H and O–H groups in total. The van der Waals surface area contributed by atoms with Gasteiger partial charge in [0.2, 0.25) is 5.91 Å². The molecule has 0 radical (unpaired) electrons. The van der Waals surface area contributed by atoms with Crippen molar-refractivity contribution in [2.45, 2.75) is 46.7 Å². The molecule has 0 saturated heterocycles. The van der Waals surface area contributed by atoms with Crippen LogP contribution >= 0.6 is 0 Å². The molecule has 5 nitrogen and oxygen atoms in total. The zero-order chi connectivity index (χ0) is 22.4.